The summed E-state index contributed by atoms with van der Waals surface area (Å²) in [6, 6.07) is 7.43. The number of anilines is 1. The van der Waals surface area contributed by atoms with Crippen LogP contribution < -0.4 is 4.31 Å². The van der Waals surface area contributed by atoms with Crippen LogP contribution in [0.1, 0.15) is 10.6 Å². The van der Waals surface area contributed by atoms with E-state index in [-0.39, 0.29) is 4.21 Å². The summed E-state index contributed by atoms with van der Waals surface area (Å²) < 4.78 is 32.7. The second kappa shape index (κ2) is 5.16. The van der Waals surface area contributed by atoms with Gasteiger partial charge in [-0.1, -0.05) is 18.2 Å². The number of thiazole rings is 1. The molecule has 0 amide bonds. The van der Waals surface area contributed by atoms with Gasteiger partial charge < -0.3 is 4.74 Å². The van der Waals surface area contributed by atoms with E-state index in [1.807, 2.05) is 24.3 Å². The van der Waals surface area contributed by atoms with Crippen molar-refractivity contribution in [2.75, 3.05) is 17.5 Å². The fourth-order valence-corrected chi connectivity index (χ4v) is 4.86. The van der Waals surface area contributed by atoms with Crippen LogP contribution in [0.2, 0.25) is 0 Å². The minimum atomic E-state index is -3.57. The molecule has 0 saturated heterocycles. The fraction of sp³-hybridized carbons (Fsp3) is 0.308. The van der Waals surface area contributed by atoms with Gasteiger partial charge in [0.1, 0.15) is 0 Å². The minimum absolute atomic E-state index is 0.270. The molecule has 1 aromatic heterocycles. The molecule has 5 nitrogen and oxygen atoms in total. The van der Waals surface area contributed by atoms with E-state index in [2.05, 4.69) is 4.98 Å². The molecule has 20 heavy (non-hydrogen) atoms. The zero-order valence-electron chi connectivity index (χ0n) is 10.9. The first-order valence-corrected chi connectivity index (χ1v) is 8.45. The molecule has 0 bridgehead atoms. The third kappa shape index (κ3) is 2.32. The summed E-state index contributed by atoms with van der Waals surface area (Å²) in [6.45, 7) is 2.93. The van der Waals surface area contributed by atoms with Crippen molar-refractivity contribution in [3.05, 3.63) is 41.0 Å². The maximum absolute atomic E-state index is 12.8. The van der Waals surface area contributed by atoms with Gasteiger partial charge in [0.15, 0.2) is 4.21 Å². The zero-order chi connectivity index (χ0) is 14.2. The van der Waals surface area contributed by atoms with Gasteiger partial charge >= 0.3 is 0 Å². The van der Waals surface area contributed by atoms with Crippen LogP contribution in [0, 0.1) is 6.92 Å². The van der Waals surface area contributed by atoms with Gasteiger partial charge in [-0.15, -0.1) is 11.3 Å². The third-order valence-electron chi connectivity index (χ3n) is 3.10. The lowest BCUT2D eigenvalue weighted by atomic mass is 10.2. The number of hydrogen-bond donors (Lipinski definition) is 0. The number of fused-ring (bicyclic) bond motifs is 1. The van der Waals surface area contributed by atoms with Crippen molar-refractivity contribution in [2.24, 2.45) is 0 Å². The largest absolute Gasteiger partial charge is 0.375 e. The SMILES string of the molecule is Cc1ncc(S(=O)(=O)N2CCOCc3ccccc32)s1. The molecule has 2 aromatic rings. The highest BCUT2D eigenvalue weighted by Crippen LogP contribution is 2.31. The first-order valence-electron chi connectivity index (χ1n) is 6.20. The van der Waals surface area contributed by atoms with Crippen molar-refractivity contribution < 1.29 is 13.2 Å². The summed E-state index contributed by atoms with van der Waals surface area (Å²) >= 11 is 1.19. The Morgan fingerprint density at radius 2 is 2.15 bits per heavy atom. The van der Waals surface area contributed by atoms with Crippen LogP contribution in [-0.4, -0.2) is 26.6 Å². The van der Waals surface area contributed by atoms with E-state index in [0.29, 0.717) is 25.4 Å². The van der Waals surface area contributed by atoms with Gasteiger partial charge in [-0.05, 0) is 13.0 Å². The number of benzene rings is 1. The van der Waals surface area contributed by atoms with Crippen LogP contribution in [-0.2, 0) is 21.4 Å². The number of ether oxygens (including phenoxy) is 1. The van der Waals surface area contributed by atoms with Gasteiger partial charge in [-0.25, -0.2) is 13.4 Å². The molecule has 3 rings (SSSR count). The number of rotatable bonds is 2. The number of nitrogens with zero attached hydrogens (tertiary/aromatic N) is 2. The Morgan fingerprint density at radius 3 is 2.90 bits per heavy atom. The Bertz CT molecular complexity index is 725. The standard InChI is InChI=1S/C13H14N2O3S2/c1-10-14-8-13(19-10)20(16,17)15-6-7-18-9-11-4-2-3-5-12(11)15/h2-5,8H,6-7,9H2,1H3. The van der Waals surface area contributed by atoms with Crippen molar-refractivity contribution in [1.82, 2.24) is 4.98 Å². The molecule has 1 aliphatic rings. The Hall–Kier alpha value is -1.44. The predicted octanol–water partition coefficient (Wildman–Crippen LogP) is 2.18. The Morgan fingerprint density at radius 1 is 1.35 bits per heavy atom. The van der Waals surface area contributed by atoms with E-state index in [0.717, 1.165) is 10.6 Å². The highest BCUT2D eigenvalue weighted by atomic mass is 32.2. The maximum Gasteiger partial charge on any atom is 0.275 e. The van der Waals surface area contributed by atoms with Crippen molar-refractivity contribution >= 4 is 27.0 Å². The quantitative estimate of drug-likeness (QED) is 0.853. The molecule has 0 N–H and O–H groups in total. The molecule has 0 aliphatic carbocycles. The van der Waals surface area contributed by atoms with E-state index in [9.17, 15) is 8.42 Å². The molecular formula is C13H14N2O3S2. The molecule has 0 unspecified atom stereocenters. The lowest BCUT2D eigenvalue weighted by molar-refractivity contribution is 0.133. The summed E-state index contributed by atoms with van der Waals surface area (Å²) in [5.74, 6) is 0. The molecule has 0 spiro atoms. The van der Waals surface area contributed by atoms with Gasteiger partial charge in [-0.3, -0.25) is 4.31 Å². The smallest absolute Gasteiger partial charge is 0.275 e. The first-order chi connectivity index (χ1) is 9.59. The van der Waals surface area contributed by atoms with E-state index in [4.69, 9.17) is 4.74 Å². The first kappa shape index (κ1) is 13.5. The highest BCUT2D eigenvalue weighted by Gasteiger charge is 2.29. The van der Waals surface area contributed by atoms with Crippen molar-refractivity contribution in [1.29, 1.82) is 0 Å². The topological polar surface area (TPSA) is 59.5 Å². The summed E-state index contributed by atoms with van der Waals surface area (Å²) in [7, 11) is -3.57. The van der Waals surface area contributed by atoms with E-state index in [1.165, 1.54) is 21.8 Å². The second-order valence-electron chi connectivity index (χ2n) is 4.46. The molecule has 106 valence electrons. The number of aryl methyl sites for hydroxylation is 1. The number of aromatic nitrogens is 1. The second-order valence-corrected chi connectivity index (χ2v) is 7.78. The summed E-state index contributed by atoms with van der Waals surface area (Å²) in [5, 5.41) is 0.739. The average molecular weight is 310 g/mol. The summed E-state index contributed by atoms with van der Waals surface area (Å²) in [6.07, 6.45) is 1.42. The molecule has 7 heteroatoms. The average Bonchev–Trinajstić information content (AvgIpc) is 2.75. The van der Waals surface area contributed by atoms with E-state index in [1.54, 1.807) is 6.92 Å². The monoisotopic (exact) mass is 310 g/mol. The summed E-state index contributed by atoms with van der Waals surface area (Å²) in [4.78, 5) is 4.04. The van der Waals surface area contributed by atoms with Crippen LogP contribution >= 0.6 is 11.3 Å². The van der Waals surface area contributed by atoms with Gasteiger partial charge in [0.2, 0.25) is 0 Å². The number of para-hydroxylation sites is 1. The van der Waals surface area contributed by atoms with Crippen LogP contribution in [0.15, 0.2) is 34.7 Å². The summed E-state index contributed by atoms with van der Waals surface area (Å²) in [5.41, 5.74) is 1.57. The zero-order valence-corrected chi connectivity index (χ0v) is 12.6. The molecule has 0 fully saturated rings. The predicted molar refractivity (Wildman–Crippen MR) is 77.5 cm³/mol. The Labute approximate surface area is 121 Å². The van der Waals surface area contributed by atoms with Gasteiger partial charge in [0.25, 0.3) is 10.0 Å². The van der Waals surface area contributed by atoms with Crippen molar-refractivity contribution in [3.63, 3.8) is 0 Å². The van der Waals surface area contributed by atoms with Gasteiger partial charge in [0, 0.05) is 5.56 Å². The van der Waals surface area contributed by atoms with E-state index < -0.39 is 10.0 Å². The molecule has 0 saturated carbocycles. The molecule has 1 aliphatic heterocycles. The minimum Gasteiger partial charge on any atom is -0.375 e. The number of hydrogen-bond acceptors (Lipinski definition) is 5. The molecule has 2 heterocycles. The van der Waals surface area contributed by atoms with E-state index >= 15 is 0 Å². The Kier molecular flexibility index (Phi) is 3.49. The fourth-order valence-electron chi connectivity index (χ4n) is 2.15. The molecular weight excluding hydrogens is 296 g/mol. The third-order valence-corrected chi connectivity index (χ3v) is 6.26. The molecule has 0 atom stereocenters. The lowest BCUT2D eigenvalue weighted by Gasteiger charge is -2.22. The van der Waals surface area contributed by atoms with Crippen LogP contribution in [0.4, 0.5) is 5.69 Å². The maximum atomic E-state index is 12.8. The molecule has 0 radical (unpaired) electrons. The lowest BCUT2D eigenvalue weighted by Crippen LogP contribution is -2.32. The van der Waals surface area contributed by atoms with Gasteiger partial charge in [-0.2, -0.15) is 0 Å². The van der Waals surface area contributed by atoms with Crippen molar-refractivity contribution in [2.45, 2.75) is 17.7 Å². The number of sulfonamides is 1. The highest BCUT2D eigenvalue weighted by molar-refractivity contribution is 7.94. The normalized spacial score (nSPS) is 15.8. The van der Waals surface area contributed by atoms with Crippen LogP contribution in [0.3, 0.4) is 0 Å². The van der Waals surface area contributed by atoms with Crippen molar-refractivity contribution in [3.8, 4) is 0 Å². The van der Waals surface area contributed by atoms with Crippen LogP contribution in [0.5, 0.6) is 0 Å². The van der Waals surface area contributed by atoms with Gasteiger partial charge in [0.05, 0.1) is 36.7 Å². The van der Waals surface area contributed by atoms with Crippen LogP contribution in [0.25, 0.3) is 0 Å². The Balaban J connectivity index is 2.09. The molecule has 1 aromatic carbocycles.